The van der Waals surface area contributed by atoms with Gasteiger partial charge in [0, 0.05) is 0 Å². The topological polar surface area (TPSA) is 52.3 Å². The fourth-order valence-electron chi connectivity index (χ4n) is 2.20. The molecule has 1 atom stereocenters. The average molecular weight is 271 g/mol. The van der Waals surface area contributed by atoms with Crippen molar-refractivity contribution >= 4 is 22.7 Å². The summed E-state index contributed by atoms with van der Waals surface area (Å²) in [6, 6.07) is 11.5. The van der Waals surface area contributed by atoms with Crippen LogP contribution in [0, 0.1) is 6.92 Å². The van der Waals surface area contributed by atoms with Crippen molar-refractivity contribution in [3.63, 3.8) is 0 Å². The molecule has 2 heterocycles. The van der Waals surface area contributed by atoms with Gasteiger partial charge in [-0.1, -0.05) is 35.9 Å². The number of benzene rings is 1. The maximum Gasteiger partial charge on any atom is 0.214 e. The Morgan fingerprint density at radius 3 is 2.79 bits per heavy atom. The van der Waals surface area contributed by atoms with Crippen LogP contribution >= 0.6 is 11.3 Å². The number of nitrogens with two attached hydrogens (primary N) is 1. The first kappa shape index (κ1) is 12.0. The number of Topliss-reactive ketones (excluding diaryl/α,β-unsaturated/α-hetero) is 1. The monoisotopic (exact) mass is 271 g/mol. The molecule has 1 aliphatic heterocycles. The Balaban J connectivity index is 1.99. The summed E-state index contributed by atoms with van der Waals surface area (Å²) in [4.78, 5) is 13.4. The minimum Gasteiger partial charge on any atom is -0.461 e. The van der Waals surface area contributed by atoms with Gasteiger partial charge < -0.3 is 10.5 Å². The van der Waals surface area contributed by atoms with Gasteiger partial charge in [-0.2, -0.15) is 0 Å². The molecule has 1 aromatic heterocycles. The third-order valence-electron chi connectivity index (χ3n) is 3.08. The van der Waals surface area contributed by atoms with Crippen LogP contribution in [-0.4, -0.2) is 5.78 Å². The molecule has 3 rings (SSSR count). The Hall–Kier alpha value is -2.07. The van der Waals surface area contributed by atoms with Gasteiger partial charge in [0.25, 0.3) is 0 Å². The molecule has 1 aromatic carbocycles. The second kappa shape index (κ2) is 4.55. The van der Waals surface area contributed by atoms with E-state index in [1.165, 1.54) is 11.3 Å². The van der Waals surface area contributed by atoms with E-state index >= 15 is 0 Å². The Labute approximate surface area is 115 Å². The minimum absolute atomic E-state index is 0.0643. The van der Waals surface area contributed by atoms with E-state index < -0.39 is 6.10 Å². The Morgan fingerprint density at radius 2 is 2.11 bits per heavy atom. The third kappa shape index (κ3) is 2.04. The Morgan fingerprint density at radius 1 is 1.26 bits per heavy atom. The van der Waals surface area contributed by atoms with E-state index in [0.717, 1.165) is 16.0 Å². The summed E-state index contributed by atoms with van der Waals surface area (Å²) in [5.74, 6) is 0.152. The predicted molar refractivity (Wildman–Crippen MR) is 75.4 cm³/mol. The molecule has 1 aliphatic rings. The number of hydrogen-bond donors (Lipinski definition) is 1. The van der Waals surface area contributed by atoms with E-state index in [1.807, 2.05) is 48.7 Å². The molecule has 0 saturated carbocycles. The van der Waals surface area contributed by atoms with E-state index in [0.29, 0.717) is 5.57 Å². The number of carbonyl (C=O) groups is 1. The standard InChI is InChI=1S/C15H13NO2S/c1-9-4-2-5-10(8-9)12-13(17)14(18-15(12)16)11-6-3-7-19-11/h2-8,14H,16H2,1H3. The highest BCUT2D eigenvalue weighted by Crippen LogP contribution is 2.37. The van der Waals surface area contributed by atoms with Crippen molar-refractivity contribution < 1.29 is 9.53 Å². The van der Waals surface area contributed by atoms with Crippen LogP contribution in [0.4, 0.5) is 0 Å². The number of aryl methyl sites for hydroxylation is 1. The van der Waals surface area contributed by atoms with Crippen LogP contribution < -0.4 is 5.73 Å². The van der Waals surface area contributed by atoms with Crippen LogP contribution in [0.5, 0.6) is 0 Å². The molecule has 3 nitrogen and oxygen atoms in total. The van der Waals surface area contributed by atoms with Crippen molar-refractivity contribution in [2.75, 3.05) is 0 Å². The Kier molecular flexibility index (Phi) is 2.87. The van der Waals surface area contributed by atoms with Gasteiger partial charge in [-0.05, 0) is 23.9 Å². The van der Waals surface area contributed by atoms with Gasteiger partial charge in [-0.15, -0.1) is 11.3 Å². The molecule has 0 bridgehead atoms. The maximum absolute atomic E-state index is 12.5. The minimum atomic E-state index is -0.587. The normalized spacial score (nSPS) is 18.8. The first-order valence-electron chi connectivity index (χ1n) is 5.98. The molecule has 0 amide bonds. The molecule has 0 spiro atoms. The van der Waals surface area contributed by atoms with E-state index in [2.05, 4.69) is 0 Å². The highest BCUT2D eigenvalue weighted by molar-refractivity contribution is 7.10. The lowest BCUT2D eigenvalue weighted by Gasteiger charge is -2.06. The van der Waals surface area contributed by atoms with E-state index in [-0.39, 0.29) is 11.7 Å². The zero-order valence-electron chi connectivity index (χ0n) is 10.4. The SMILES string of the molecule is Cc1cccc(C2=C(N)OC(c3cccs3)C2=O)c1. The zero-order valence-corrected chi connectivity index (χ0v) is 11.2. The summed E-state index contributed by atoms with van der Waals surface area (Å²) in [6.45, 7) is 1.98. The molecule has 0 aliphatic carbocycles. The summed E-state index contributed by atoms with van der Waals surface area (Å²) in [6.07, 6.45) is -0.587. The lowest BCUT2D eigenvalue weighted by Crippen LogP contribution is -2.08. The van der Waals surface area contributed by atoms with Crippen molar-refractivity contribution in [1.82, 2.24) is 0 Å². The van der Waals surface area contributed by atoms with Gasteiger partial charge in [0.1, 0.15) is 0 Å². The number of carbonyl (C=O) groups excluding carboxylic acids is 1. The van der Waals surface area contributed by atoms with Crippen molar-refractivity contribution in [3.8, 4) is 0 Å². The third-order valence-corrected chi connectivity index (χ3v) is 4.00. The largest absolute Gasteiger partial charge is 0.461 e. The summed E-state index contributed by atoms with van der Waals surface area (Å²) in [7, 11) is 0. The van der Waals surface area contributed by atoms with Gasteiger partial charge >= 0.3 is 0 Å². The molecule has 2 N–H and O–H groups in total. The number of rotatable bonds is 2. The summed E-state index contributed by atoms with van der Waals surface area (Å²) in [5, 5.41) is 1.92. The zero-order chi connectivity index (χ0) is 13.4. The van der Waals surface area contributed by atoms with Crippen LogP contribution in [0.25, 0.3) is 5.57 Å². The van der Waals surface area contributed by atoms with Gasteiger partial charge in [-0.25, -0.2) is 0 Å². The summed E-state index contributed by atoms with van der Waals surface area (Å²) < 4.78 is 5.54. The molecule has 96 valence electrons. The van der Waals surface area contributed by atoms with Crippen LogP contribution in [0.1, 0.15) is 22.1 Å². The first-order valence-corrected chi connectivity index (χ1v) is 6.86. The predicted octanol–water partition coefficient (Wildman–Crippen LogP) is 3.02. The molecule has 0 saturated heterocycles. The maximum atomic E-state index is 12.5. The summed E-state index contributed by atoms with van der Waals surface area (Å²) in [5.41, 5.74) is 8.29. The fraction of sp³-hybridized carbons (Fsp3) is 0.133. The van der Waals surface area contributed by atoms with Crippen LogP contribution in [0.2, 0.25) is 0 Å². The lowest BCUT2D eigenvalue weighted by molar-refractivity contribution is -0.120. The van der Waals surface area contributed by atoms with Crippen molar-refractivity contribution in [2.45, 2.75) is 13.0 Å². The van der Waals surface area contributed by atoms with E-state index in [1.54, 1.807) is 0 Å². The highest BCUT2D eigenvalue weighted by Gasteiger charge is 2.36. The van der Waals surface area contributed by atoms with Gasteiger partial charge in [0.15, 0.2) is 12.0 Å². The van der Waals surface area contributed by atoms with Crippen LogP contribution in [-0.2, 0) is 9.53 Å². The molecule has 4 heteroatoms. The highest BCUT2D eigenvalue weighted by atomic mass is 32.1. The number of ether oxygens (including phenoxy) is 1. The molecule has 0 radical (unpaired) electrons. The van der Waals surface area contributed by atoms with Crippen molar-refractivity contribution in [3.05, 3.63) is 63.7 Å². The fourth-order valence-corrected chi connectivity index (χ4v) is 2.95. The van der Waals surface area contributed by atoms with E-state index in [9.17, 15) is 4.79 Å². The van der Waals surface area contributed by atoms with Gasteiger partial charge in [-0.3, -0.25) is 4.79 Å². The molecular formula is C15H13NO2S. The van der Waals surface area contributed by atoms with Gasteiger partial charge in [0.05, 0.1) is 10.5 Å². The summed E-state index contributed by atoms with van der Waals surface area (Å²) >= 11 is 1.50. The quantitative estimate of drug-likeness (QED) is 0.913. The number of thiophene rings is 1. The smallest absolute Gasteiger partial charge is 0.214 e. The van der Waals surface area contributed by atoms with Crippen LogP contribution in [0.15, 0.2) is 47.7 Å². The molecule has 1 unspecified atom stereocenters. The van der Waals surface area contributed by atoms with Crippen LogP contribution in [0.3, 0.4) is 0 Å². The molecule has 19 heavy (non-hydrogen) atoms. The average Bonchev–Trinajstić information content (AvgIpc) is 2.97. The molecule has 0 fully saturated rings. The molecular weight excluding hydrogens is 258 g/mol. The van der Waals surface area contributed by atoms with Gasteiger partial charge in [0.2, 0.25) is 5.78 Å². The number of ketones is 1. The van der Waals surface area contributed by atoms with E-state index in [4.69, 9.17) is 10.5 Å². The second-order valence-corrected chi connectivity index (χ2v) is 5.47. The second-order valence-electron chi connectivity index (χ2n) is 4.49. The number of hydrogen-bond acceptors (Lipinski definition) is 4. The first-order chi connectivity index (χ1) is 9.16. The van der Waals surface area contributed by atoms with Crippen molar-refractivity contribution in [1.29, 1.82) is 0 Å². The molecule has 2 aromatic rings. The Bertz CT molecular complexity index is 659. The lowest BCUT2D eigenvalue weighted by atomic mass is 9.99. The van der Waals surface area contributed by atoms with Crippen molar-refractivity contribution in [2.24, 2.45) is 5.73 Å².